The van der Waals surface area contributed by atoms with Gasteiger partial charge in [-0.2, -0.15) is 0 Å². The SMILES string of the molecule is O=C(CCOc1cccc(Br)c1)NC1CCCC1C(=O)O. The summed E-state index contributed by atoms with van der Waals surface area (Å²) < 4.78 is 6.41. The Labute approximate surface area is 131 Å². The van der Waals surface area contributed by atoms with E-state index in [0.717, 1.165) is 17.3 Å². The monoisotopic (exact) mass is 355 g/mol. The highest BCUT2D eigenvalue weighted by Crippen LogP contribution is 2.25. The Hall–Kier alpha value is -1.56. The minimum Gasteiger partial charge on any atom is -0.493 e. The Balaban J connectivity index is 1.74. The van der Waals surface area contributed by atoms with E-state index in [1.165, 1.54) is 0 Å². The van der Waals surface area contributed by atoms with Crippen molar-refractivity contribution in [1.82, 2.24) is 5.32 Å². The number of carboxylic acid groups (broad SMARTS) is 1. The van der Waals surface area contributed by atoms with Crippen molar-refractivity contribution in [2.45, 2.75) is 31.7 Å². The molecular formula is C15H18BrNO4. The van der Waals surface area contributed by atoms with Crippen LogP contribution >= 0.6 is 15.9 Å². The molecule has 0 heterocycles. The molecular weight excluding hydrogens is 338 g/mol. The third-order valence-corrected chi connectivity index (χ3v) is 4.07. The zero-order valence-electron chi connectivity index (χ0n) is 11.5. The van der Waals surface area contributed by atoms with Gasteiger partial charge in [0.1, 0.15) is 5.75 Å². The topological polar surface area (TPSA) is 75.6 Å². The predicted octanol–water partition coefficient (Wildman–Crippen LogP) is 2.59. The molecule has 1 amide bonds. The second-order valence-electron chi connectivity index (χ2n) is 5.11. The molecule has 1 aliphatic rings. The molecule has 1 aromatic carbocycles. The number of halogens is 1. The van der Waals surface area contributed by atoms with Gasteiger partial charge < -0.3 is 15.2 Å². The molecule has 2 rings (SSSR count). The summed E-state index contributed by atoms with van der Waals surface area (Å²) in [5.74, 6) is -0.757. The summed E-state index contributed by atoms with van der Waals surface area (Å²) in [6, 6.07) is 7.15. The van der Waals surface area contributed by atoms with Gasteiger partial charge in [0.25, 0.3) is 0 Å². The maximum atomic E-state index is 11.8. The van der Waals surface area contributed by atoms with Crippen molar-refractivity contribution in [3.05, 3.63) is 28.7 Å². The third-order valence-electron chi connectivity index (χ3n) is 3.57. The van der Waals surface area contributed by atoms with Gasteiger partial charge in [0, 0.05) is 10.5 Å². The van der Waals surface area contributed by atoms with Gasteiger partial charge in [0.15, 0.2) is 0 Å². The van der Waals surface area contributed by atoms with E-state index >= 15 is 0 Å². The fourth-order valence-corrected chi connectivity index (χ4v) is 2.90. The molecule has 0 bridgehead atoms. The number of rotatable bonds is 6. The lowest BCUT2D eigenvalue weighted by molar-refractivity contribution is -0.142. The summed E-state index contributed by atoms with van der Waals surface area (Å²) in [6.07, 6.45) is 2.43. The molecule has 21 heavy (non-hydrogen) atoms. The number of carboxylic acids is 1. The van der Waals surface area contributed by atoms with E-state index in [4.69, 9.17) is 9.84 Å². The van der Waals surface area contributed by atoms with Crippen molar-refractivity contribution >= 4 is 27.8 Å². The second kappa shape index (κ2) is 7.45. The van der Waals surface area contributed by atoms with Crippen LogP contribution in [0.15, 0.2) is 28.7 Å². The van der Waals surface area contributed by atoms with Crippen LogP contribution in [0, 0.1) is 5.92 Å². The summed E-state index contributed by atoms with van der Waals surface area (Å²) in [4.78, 5) is 22.9. The minimum atomic E-state index is -0.830. The number of hydrogen-bond acceptors (Lipinski definition) is 3. The largest absolute Gasteiger partial charge is 0.493 e. The second-order valence-corrected chi connectivity index (χ2v) is 6.02. The van der Waals surface area contributed by atoms with Gasteiger partial charge in [-0.15, -0.1) is 0 Å². The molecule has 1 saturated carbocycles. The summed E-state index contributed by atoms with van der Waals surface area (Å²) in [7, 11) is 0. The average molecular weight is 356 g/mol. The van der Waals surface area contributed by atoms with E-state index in [1.807, 2.05) is 24.3 Å². The molecule has 114 valence electrons. The van der Waals surface area contributed by atoms with Crippen LogP contribution in [0.2, 0.25) is 0 Å². The molecule has 2 atom stereocenters. The Morgan fingerprint density at radius 2 is 2.19 bits per heavy atom. The highest BCUT2D eigenvalue weighted by atomic mass is 79.9. The molecule has 0 aromatic heterocycles. The lowest BCUT2D eigenvalue weighted by Gasteiger charge is -2.17. The number of carbonyl (C=O) groups is 2. The van der Waals surface area contributed by atoms with Crippen LogP contribution in [0.25, 0.3) is 0 Å². The maximum absolute atomic E-state index is 11.8. The van der Waals surface area contributed by atoms with Gasteiger partial charge in [-0.05, 0) is 31.0 Å². The molecule has 0 spiro atoms. The van der Waals surface area contributed by atoms with E-state index in [9.17, 15) is 9.59 Å². The predicted molar refractivity (Wildman–Crippen MR) is 81.2 cm³/mol. The molecule has 0 radical (unpaired) electrons. The van der Waals surface area contributed by atoms with Crippen LogP contribution in [0.1, 0.15) is 25.7 Å². The van der Waals surface area contributed by atoms with Crippen molar-refractivity contribution in [2.75, 3.05) is 6.61 Å². The van der Waals surface area contributed by atoms with Gasteiger partial charge in [-0.3, -0.25) is 9.59 Å². The number of benzene rings is 1. The van der Waals surface area contributed by atoms with Gasteiger partial charge in [0.2, 0.25) is 5.91 Å². The number of hydrogen-bond donors (Lipinski definition) is 2. The van der Waals surface area contributed by atoms with E-state index < -0.39 is 11.9 Å². The van der Waals surface area contributed by atoms with Crippen LogP contribution < -0.4 is 10.1 Å². The fraction of sp³-hybridized carbons (Fsp3) is 0.467. The first-order chi connectivity index (χ1) is 10.1. The molecule has 6 heteroatoms. The normalized spacial score (nSPS) is 21.0. The van der Waals surface area contributed by atoms with Gasteiger partial charge in [-0.1, -0.05) is 28.4 Å². The fourth-order valence-electron chi connectivity index (χ4n) is 2.53. The Bertz CT molecular complexity index is 520. The summed E-state index contributed by atoms with van der Waals surface area (Å²) in [5, 5.41) is 11.9. The highest BCUT2D eigenvalue weighted by Gasteiger charge is 2.33. The lowest BCUT2D eigenvalue weighted by atomic mass is 10.0. The number of carbonyl (C=O) groups excluding carboxylic acids is 1. The zero-order chi connectivity index (χ0) is 15.2. The average Bonchev–Trinajstić information content (AvgIpc) is 2.87. The molecule has 2 unspecified atom stereocenters. The van der Waals surface area contributed by atoms with Crippen LogP contribution in [0.3, 0.4) is 0 Å². The summed E-state index contributed by atoms with van der Waals surface area (Å²) >= 11 is 3.35. The van der Waals surface area contributed by atoms with Crippen molar-refractivity contribution in [3.63, 3.8) is 0 Å². The molecule has 0 aliphatic heterocycles. The molecule has 0 saturated heterocycles. The van der Waals surface area contributed by atoms with Crippen molar-refractivity contribution in [2.24, 2.45) is 5.92 Å². The lowest BCUT2D eigenvalue weighted by Crippen LogP contribution is -2.40. The smallest absolute Gasteiger partial charge is 0.308 e. The number of nitrogens with one attached hydrogen (secondary N) is 1. The van der Waals surface area contributed by atoms with Crippen LogP contribution in [-0.2, 0) is 9.59 Å². The number of aliphatic carboxylic acids is 1. The van der Waals surface area contributed by atoms with Crippen LogP contribution in [0.5, 0.6) is 5.75 Å². The Morgan fingerprint density at radius 3 is 2.90 bits per heavy atom. The van der Waals surface area contributed by atoms with Gasteiger partial charge >= 0.3 is 5.97 Å². The molecule has 1 aliphatic carbocycles. The maximum Gasteiger partial charge on any atom is 0.308 e. The first-order valence-corrected chi connectivity index (χ1v) is 7.76. The van der Waals surface area contributed by atoms with Crippen LogP contribution in [-0.4, -0.2) is 29.6 Å². The van der Waals surface area contributed by atoms with Gasteiger partial charge in [0.05, 0.1) is 18.9 Å². The molecule has 1 aromatic rings. The molecule has 5 nitrogen and oxygen atoms in total. The van der Waals surface area contributed by atoms with Gasteiger partial charge in [-0.25, -0.2) is 0 Å². The zero-order valence-corrected chi connectivity index (χ0v) is 13.1. The molecule has 2 N–H and O–H groups in total. The van der Waals surface area contributed by atoms with E-state index in [0.29, 0.717) is 12.2 Å². The Kier molecular flexibility index (Phi) is 5.61. The van der Waals surface area contributed by atoms with E-state index in [-0.39, 0.29) is 25.0 Å². The van der Waals surface area contributed by atoms with Crippen molar-refractivity contribution < 1.29 is 19.4 Å². The summed E-state index contributed by atoms with van der Waals surface area (Å²) in [6.45, 7) is 0.271. The molecule has 1 fully saturated rings. The van der Waals surface area contributed by atoms with Crippen LogP contribution in [0.4, 0.5) is 0 Å². The van der Waals surface area contributed by atoms with E-state index in [1.54, 1.807) is 0 Å². The van der Waals surface area contributed by atoms with Crippen molar-refractivity contribution in [3.8, 4) is 5.75 Å². The standard InChI is InChI=1S/C15H18BrNO4/c16-10-3-1-4-11(9-10)21-8-7-14(18)17-13-6-2-5-12(13)15(19)20/h1,3-4,9,12-13H,2,5-8H2,(H,17,18)(H,19,20). The highest BCUT2D eigenvalue weighted by molar-refractivity contribution is 9.10. The first-order valence-electron chi connectivity index (χ1n) is 6.97. The van der Waals surface area contributed by atoms with E-state index in [2.05, 4.69) is 21.2 Å². The minimum absolute atomic E-state index is 0.164. The first kappa shape index (κ1) is 15.8. The quantitative estimate of drug-likeness (QED) is 0.822. The summed E-state index contributed by atoms with van der Waals surface area (Å²) in [5.41, 5.74) is 0. The number of ether oxygens (including phenoxy) is 1. The van der Waals surface area contributed by atoms with Crippen molar-refractivity contribution in [1.29, 1.82) is 0 Å². The third kappa shape index (κ3) is 4.74. The number of amides is 1. The Morgan fingerprint density at radius 1 is 1.38 bits per heavy atom.